The molecule has 4 rings (SSSR count). The van der Waals surface area contributed by atoms with Crippen molar-refractivity contribution < 1.29 is 9.47 Å². The Morgan fingerprint density at radius 2 is 1.90 bits per heavy atom. The van der Waals surface area contributed by atoms with Crippen LogP contribution in [0.1, 0.15) is 25.3 Å². The summed E-state index contributed by atoms with van der Waals surface area (Å²) >= 11 is 0. The summed E-state index contributed by atoms with van der Waals surface area (Å²) in [5.74, 6) is 0.832. The fourth-order valence-corrected chi connectivity index (χ4v) is 3.56. The summed E-state index contributed by atoms with van der Waals surface area (Å²) in [5, 5.41) is 3.35. The highest BCUT2D eigenvalue weighted by Crippen LogP contribution is 2.16. The zero-order valence-electron chi connectivity index (χ0n) is 18.0. The van der Waals surface area contributed by atoms with E-state index in [4.69, 9.17) is 9.47 Å². The van der Waals surface area contributed by atoms with Gasteiger partial charge < -0.3 is 19.8 Å². The van der Waals surface area contributed by atoms with E-state index in [9.17, 15) is 4.79 Å². The number of imidazole rings is 1. The van der Waals surface area contributed by atoms with Crippen molar-refractivity contribution in [3.05, 3.63) is 46.5 Å². The number of hydrogen-bond donors (Lipinski definition) is 2. The molecular formula is C22H30N6O3. The van der Waals surface area contributed by atoms with Gasteiger partial charge in [-0.3, -0.25) is 9.47 Å². The summed E-state index contributed by atoms with van der Waals surface area (Å²) in [6.07, 6.45) is 3.56. The Hall–Kier alpha value is -2.91. The van der Waals surface area contributed by atoms with E-state index < -0.39 is 0 Å². The van der Waals surface area contributed by atoms with Crippen LogP contribution in [0, 0.1) is 0 Å². The van der Waals surface area contributed by atoms with E-state index in [0.717, 1.165) is 56.9 Å². The van der Waals surface area contributed by atoms with Crippen molar-refractivity contribution in [3.63, 3.8) is 0 Å². The van der Waals surface area contributed by atoms with Crippen molar-refractivity contribution in [2.75, 3.05) is 45.9 Å². The van der Waals surface area contributed by atoms with E-state index in [1.165, 1.54) is 0 Å². The van der Waals surface area contributed by atoms with Crippen LogP contribution in [0.5, 0.6) is 11.8 Å². The first-order chi connectivity index (χ1) is 15.2. The average molecular weight is 427 g/mol. The highest BCUT2D eigenvalue weighted by molar-refractivity contribution is 5.69. The molecule has 1 aliphatic rings. The summed E-state index contributed by atoms with van der Waals surface area (Å²) in [6.45, 7) is 8.87. The number of rotatable bonds is 10. The van der Waals surface area contributed by atoms with E-state index in [1.54, 1.807) is 10.8 Å². The molecule has 0 radical (unpaired) electrons. The largest absolute Gasteiger partial charge is 0.492 e. The van der Waals surface area contributed by atoms with Crippen LogP contribution in [0.2, 0.25) is 0 Å². The predicted octanol–water partition coefficient (Wildman–Crippen LogP) is 1.63. The van der Waals surface area contributed by atoms with Crippen molar-refractivity contribution in [1.82, 2.24) is 29.7 Å². The molecule has 3 aromatic rings. The number of benzene rings is 1. The number of hydrogen-bond acceptors (Lipinski definition) is 7. The number of aromatic amines is 1. The van der Waals surface area contributed by atoms with Crippen LogP contribution < -0.4 is 20.5 Å². The minimum atomic E-state index is -0.216. The Labute approximate surface area is 181 Å². The lowest BCUT2D eigenvalue weighted by molar-refractivity contribution is 0.191. The first-order valence-corrected chi connectivity index (χ1v) is 11.0. The van der Waals surface area contributed by atoms with E-state index in [-0.39, 0.29) is 5.69 Å². The first-order valence-electron chi connectivity index (χ1n) is 11.0. The van der Waals surface area contributed by atoms with Gasteiger partial charge in [0.25, 0.3) is 0 Å². The van der Waals surface area contributed by atoms with Crippen LogP contribution >= 0.6 is 0 Å². The Morgan fingerprint density at radius 1 is 1.10 bits per heavy atom. The fourth-order valence-electron chi connectivity index (χ4n) is 3.56. The zero-order chi connectivity index (χ0) is 21.5. The molecule has 166 valence electrons. The molecule has 31 heavy (non-hydrogen) atoms. The lowest BCUT2D eigenvalue weighted by atomic mass is 10.2. The highest BCUT2D eigenvalue weighted by atomic mass is 16.5. The van der Waals surface area contributed by atoms with E-state index in [1.807, 2.05) is 24.3 Å². The maximum Gasteiger partial charge on any atom is 0.328 e. The zero-order valence-corrected chi connectivity index (χ0v) is 18.0. The van der Waals surface area contributed by atoms with Gasteiger partial charge in [-0.25, -0.2) is 9.78 Å². The summed E-state index contributed by atoms with van der Waals surface area (Å²) in [7, 11) is 0. The van der Waals surface area contributed by atoms with Gasteiger partial charge in [0.2, 0.25) is 0 Å². The second kappa shape index (κ2) is 10.4. The van der Waals surface area contributed by atoms with E-state index in [2.05, 4.69) is 32.1 Å². The lowest BCUT2D eigenvalue weighted by Crippen LogP contribution is -2.44. The molecule has 9 heteroatoms. The number of nitrogens with one attached hydrogen (secondary N) is 2. The van der Waals surface area contributed by atoms with Gasteiger partial charge in [-0.1, -0.05) is 25.5 Å². The van der Waals surface area contributed by atoms with Gasteiger partial charge in [0, 0.05) is 32.7 Å². The van der Waals surface area contributed by atoms with Gasteiger partial charge in [-0.15, -0.1) is 0 Å². The second-order valence-electron chi connectivity index (χ2n) is 7.69. The van der Waals surface area contributed by atoms with Crippen LogP contribution in [0.15, 0.2) is 35.3 Å². The van der Waals surface area contributed by atoms with Crippen molar-refractivity contribution >= 4 is 11.2 Å². The average Bonchev–Trinajstić information content (AvgIpc) is 3.10. The third-order valence-corrected chi connectivity index (χ3v) is 5.37. The summed E-state index contributed by atoms with van der Waals surface area (Å²) in [5.41, 5.74) is 1.92. The van der Waals surface area contributed by atoms with Gasteiger partial charge in [0.15, 0.2) is 5.65 Å². The molecule has 1 saturated heterocycles. The van der Waals surface area contributed by atoms with E-state index in [0.29, 0.717) is 36.9 Å². The summed E-state index contributed by atoms with van der Waals surface area (Å²) in [6, 6.07) is 8.14. The van der Waals surface area contributed by atoms with Crippen LogP contribution in [0.3, 0.4) is 0 Å². The Morgan fingerprint density at radius 3 is 2.68 bits per heavy atom. The molecule has 0 aliphatic carbocycles. The molecule has 0 bridgehead atoms. The second-order valence-corrected chi connectivity index (χ2v) is 7.69. The first kappa shape index (κ1) is 21.3. The third kappa shape index (κ3) is 5.62. The standard InChI is InChI=1S/C22H30N6O3/c1-2-3-13-31-21-24-15-19-20(26-21)28(22(29)25-19)16-17-4-6-18(7-5-17)30-14-12-27-10-8-23-9-11-27/h4-7,15,23H,2-3,8-14,16H2,1H3,(H,25,29). The van der Waals surface area contributed by atoms with Crippen LogP contribution in [-0.2, 0) is 6.54 Å². The molecule has 0 spiro atoms. The normalized spacial score (nSPS) is 14.7. The molecule has 9 nitrogen and oxygen atoms in total. The Kier molecular flexibility index (Phi) is 7.16. The molecule has 0 atom stereocenters. The molecule has 1 aliphatic heterocycles. The summed E-state index contributed by atoms with van der Waals surface area (Å²) in [4.78, 5) is 26.2. The maximum atomic E-state index is 12.4. The van der Waals surface area contributed by atoms with E-state index >= 15 is 0 Å². The third-order valence-electron chi connectivity index (χ3n) is 5.37. The molecule has 1 aromatic carbocycles. The molecule has 1 fully saturated rings. The van der Waals surface area contributed by atoms with Gasteiger partial charge >= 0.3 is 11.7 Å². The molecule has 0 amide bonds. The predicted molar refractivity (Wildman–Crippen MR) is 119 cm³/mol. The fraction of sp³-hybridized carbons (Fsp3) is 0.500. The van der Waals surface area contributed by atoms with Crippen LogP contribution in [-0.4, -0.2) is 70.4 Å². The lowest BCUT2D eigenvalue weighted by Gasteiger charge is -2.26. The van der Waals surface area contributed by atoms with Gasteiger partial charge in [0.1, 0.15) is 17.9 Å². The minimum absolute atomic E-state index is 0.216. The molecule has 2 aromatic heterocycles. The number of nitrogens with zero attached hydrogens (tertiary/aromatic N) is 4. The molecule has 0 unspecified atom stereocenters. The maximum absolute atomic E-state index is 12.4. The molecule has 0 saturated carbocycles. The topological polar surface area (TPSA) is 97.3 Å². The van der Waals surface area contributed by atoms with Gasteiger partial charge in [0.05, 0.1) is 19.3 Å². The number of piperazine rings is 1. The number of fused-ring (bicyclic) bond motifs is 1. The quantitative estimate of drug-likeness (QED) is 0.476. The van der Waals surface area contributed by atoms with Crippen LogP contribution in [0.25, 0.3) is 11.2 Å². The molecule has 2 N–H and O–H groups in total. The number of ether oxygens (including phenoxy) is 2. The highest BCUT2D eigenvalue weighted by Gasteiger charge is 2.12. The Bertz CT molecular complexity index is 1020. The molecular weight excluding hydrogens is 396 g/mol. The van der Waals surface area contributed by atoms with Crippen LogP contribution in [0.4, 0.5) is 0 Å². The van der Waals surface area contributed by atoms with Crippen molar-refractivity contribution in [2.45, 2.75) is 26.3 Å². The number of aromatic nitrogens is 4. The monoisotopic (exact) mass is 426 g/mol. The summed E-state index contributed by atoms with van der Waals surface area (Å²) < 4.78 is 13.1. The van der Waals surface area contributed by atoms with Gasteiger partial charge in [-0.2, -0.15) is 4.98 Å². The SMILES string of the molecule is CCCCOc1ncc2[nH]c(=O)n(Cc3ccc(OCCN4CCNCC4)cc3)c2n1. The van der Waals surface area contributed by atoms with Crippen molar-refractivity contribution in [3.8, 4) is 11.8 Å². The Balaban J connectivity index is 1.38. The van der Waals surface area contributed by atoms with Gasteiger partial charge in [-0.05, 0) is 24.1 Å². The van der Waals surface area contributed by atoms with Crippen molar-refractivity contribution in [1.29, 1.82) is 0 Å². The minimum Gasteiger partial charge on any atom is -0.492 e. The smallest absolute Gasteiger partial charge is 0.328 e. The van der Waals surface area contributed by atoms with Crippen molar-refractivity contribution in [2.24, 2.45) is 0 Å². The number of H-pyrrole nitrogens is 1. The molecule has 3 heterocycles. The number of unbranched alkanes of at least 4 members (excludes halogenated alkanes) is 1.